The second-order valence-electron chi connectivity index (χ2n) is 16.0. The van der Waals surface area contributed by atoms with Crippen LogP contribution < -0.4 is 15.4 Å². The molecule has 2 saturated heterocycles. The van der Waals surface area contributed by atoms with Crippen LogP contribution in [0.2, 0.25) is 0 Å². The molecule has 0 aromatic heterocycles. The van der Waals surface area contributed by atoms with Gasteiger partial charge >= 0.3 is 12.0 Å². The number of benzene rings is 5. The van der Waals surface area contributed by atoms with Crippen LogP contribution in [0.5, 0.6) is 11.5 Å². The third kappa shape index (κ3) is 10.3. The number of nitrogens with one attached hydrogen (secondary N) is 2. The van der Waals surface area contributed by atoms with Crippen LogP contribution in [-0.4, -0.2) is 52.8 Å². The highest BCUT2D eigenvalue weighted by atomic mass is 16.7. The molecule has 0 bridgehead atoms. The Kier molecular flexibility index (Phi) is 12.9. The summed E-state index contributed by atoms with van der Waals surface area (Å²) in [6.07, 6.45) is 0.503. The molecule has 58 heavy (non-hydrogen) atoms. The van der Waals surface area contributed by atoms with Gasteiger partial charge in [-0.05, 0) is 104 Å². The molecule has 2 aliphatic rings. The van der Waals surface area contributed by atoms with Crippen LogP contribution in [0.25, 0.3) is 11.1 Å². The van der Waals surface area contributed by atoms with E-state index in [1.54, 1.807) is 12.1 Å². The molecule has 3 N–H and O–H groups in total. The van der Waals surface area contributed by atoms with Crippen LogP contribution in [0.4, 0.5) is 10.5 Å². The first kappa shape index (κ1) is 40.7. The van der Waals surface area contributed by atoms with Crippen molar-refractivity contribution in [3.8, 4) is 22.6 Å². The fourth-order valence-corrected chi connectivity index (χ4v) is 7.60. The van der Waals surface area contributed by atoms with Crippen molar-refractivity contribution in [1.29, 1.82) is 0 Å². The molecule has 2 heterocycles. The first-order chi connectivity index (χ1) is 28.0. The molecule has 10 nitrogen and oxygen atoms in total. The van der Waals surface area contributed by atoms with Crippen LogP contribution in [0.1, 0.15) is 75.2 Å². The molecule has 10 heteroatoms. The molecule has 7 rings (SSSR count). The zero-order chi connectivity index (χ0) is 40.6. The van der Waals surface area contributed by atoms with E-state index in [1.165, 1.54) is 0 Å². The fourth-order valence-electron chi connectivity index (χ4n) is 7.60. The molecule has 2 amide bonds. The van der Waals surface area contributed by atoms with Crippen LogP contribution >= 0.6 is 0 Å². The minimum absolute atomic E-state index is 0.0278. The van der Waals surface area contributed by atoms with Gasteiger partial charge in [-0.25, -0.2) is 4.79 Å². The van der Waals surface area contributed by atoms with Gasteiger partial charge < -0.3 is 34.7 Å². The van der Waals surface area contributed by atoms with Crippen LogP contribution in [0.3, 0.4) is 0 Å². The third-order valence-electron chi connectivity index (χ3n) is 10.6. The maximum absolute atomic E-state index is 13.2. The predicted octanol–water partition coefficient (Wildman–Crippen LogP) is 9.56. The smallest absolute Gasteiger partial charge is 0.323 e. The van der Waals surface area contributed by atoms with Crippen molar-refractivity contribution in [2.75, 3.05) is 18.4 Å². The standard InChI is InChI=1S/C48H53N3O7/c1-32-43(30-51-28-10-15-42(51)45(53)58-48(2,3)4)56-46(57-44(32)35-18-16-33(31-52)17-19-35)36-22-20-34(21-23-36)41-14-9-8-11-37(41)29-49-47(54)50-38-24-26-40(27-25-38)55-39-12-6-5-7-13-39/h5-9,11-14,16-27,32,42-44,46,52H,10,15,28-31H2,1-4H3,(H2,49,50,54)/t32-,42+,43+,44+,46+/m1/s1. The minimum atomic E-state index is -0.653. The minimum Gasteiger partial charge on any atom is -0.459 e. The molecular formula is C48H53N3O7. The molecule has 2 fully saturated rings. The Morgan fingerprint density at radius 1 is 0.810 bits per heavy atom. The van der Waals surface area contributed by atoms with Gasteiger partial charge in [-0.3, -0.25) is 9.69 Å². The number of hydrogen-bond donors (Lipinski definition) is 3. The Bertz CT molecular complexity index is 2120. The van der Waals surface area contributed by atoms with Gasteiger partial charge in [0.1, 0.15) is 23.1 Å². The fraction of sp³-hybridized carbons (Fsp3) is 0.333. The number of anilines is 1. The topological polar surface area (TPSA) is 119 Å². The van der Waals surface area contributed by atoms with Crippen molar-refractivity contribution < 1.29 is 33.6 Å². The zero-order valence-electron chi connectivity index (χ0n) is 33.6. The first-order valence-corrected chi connectivity index (χ1v) is 20.1. The summed E-state index contributed by atoms with van der Waals surface area (Å²) >= 11 is 0. The monoisotopic (exact) mass is 783 g/mol. The SMILES string of the molecule is C[C@@H]1[C@H](CN2CCC[C@H]2C(=O)OC(C)(C)C)O[C@H](c2ccc(-c3ccccc3CNC(=O)Nc3ccc(Oc4ccccc4)cc3)cc2)O[C@@H]1c1ccc(CO)cc1. The lowest BCUT2D eigenvalue weighted by Crippen LogP contribution is -2.48. The summed E-state index contributed by atoms with van der Waals surface area (Å²) in [7, 11) is 0. The number of aliphatic hydroxyl groups excluding tert-OH is 1. The lowest BCUT2D eigenvalue weighted by molar-refractivity contribution is -0.276. The van der Waals surface area contributed by atoms with Gasteiger partial charge in [0.25, 0.3) is 0 Å². The Labute approximate surface area is 341 Å². The highest BCUT2D eigenvalue weighted by Gasteiger charge is 2.42. The number of carbonyl (C=O) groups is 2. The van der Waals surface area contributed by atoms with E-state index in [-0.39, 0.29) is 42.8 Å². The van der Waals surface area contributed by atoms with E-state index in [0.29, 0.717) is 24.5 Å². The summed E-state index contributed by atoms with van der Waals surface area (Å²) in [6.45, 7) is 9.48. The highest BCUT2D eigenvalue weighted by Crippen LogP contribution is 2.43. The molecule has 2 aliphatic heterocycles. The molecule has 0 aliphatic carbocycles. The number of esters is 1. The van der Waals surface area contributed by atoms with E-state index < -0.39 is 11.9 Å². The maximum Gasteiger partial charge on any atom is 0.323 e. The lowest BCUT2D eigenvalue weighted by Gasteiger charge is -2.43. The Morgan fingerprint density at radius 3 is 2.19 bits per heavy atom. The maximum atomic E-state index is 13.2. The molecule has 0 spiro atoms. The Balaban J connectivity index is 1.03. The van der Waals surface area contributed by atoms with Crippen molar-refractivity contribution >= 4 is 17.7 Å². The number of ether oxygens (including phenoxy) is 4. The van der Waals surface area contributed by atoms with Gasteiger partial charge in [0.15, 0.2) is 6.29 Å². The molecule has 302 valence electrons. The van der Waals surface area contributed by atoms with E-state index >= 15 is 0 Å². The summed E-state index contributed by atoms with van der Waals surface area (Å²) < 4.78 is 25.2. The molecule has 0 unspecified atom stereocenters. The van der Waals surface area contributed by atoms with Crippen molar-refractivity contribution in [2.45, 2.75) is 83.8 Å². The Hall–Kier alpha value is -5.52. The van der Waals surface area contributed by atoms with Crippen molar-refractivity contribution in [2.24, 2.45) is 5.92 Å². The average molecular weight is 784 g/mol. The third-order valence-corrected chi connectivity index (χ3v) is 10.6. The predicted molar refractivity (Wildman–Crippen MR) is 224 cm³/mol. The van der Waals surface area contributed by atoms with E-state index in [9.17, 15) is 14.7 Å². The molecule has 5 atom stereocenters. The number of para-hydroxylation sites is 1. The number of amides is 2. The van der Waals surface area contributed by atoms with Crippen molar-refractivity contribution in [1.82, 2.24) is 10.2 Å². The quantitative estimate of drug-likeness (QED) is 0.107. The number of likely N-dealkylation sites (tertiary alicyclic amines) is 1. The number of aliphatic hydroxyl groups is 1. The second kappa shape index (κ2) is 18.4. The summed E-state index contributed by atoms with van der Waals surface area (Å²) in [5, 5.41) is 15.6. The number of urea groups is 1. The normalized spacial score (nSPS) is 20.9. The van der Waals surface area contributed by atoms with E-state index in [4.69, 9.17) is 18.9 Å². The molecule has 0 radical (unpaired) electrons. The molecule has 5 aromatic rings. The van der Waals surface area contributed by atoms with E-state index in [1.807, 2.05) is 124 Å². The molecule has 0 saturated carbocycles. The number of carbonyl (C=O) groups excluding carboxylic acids is 2. The van der Waals surface area contributed by atoms with Crippen molar-refractivity contribution in [3.63, 3.8) is 0 Å². The van der Waals surface area contributed by atoms with Gasteiger partial charge in [0.2, 0.25) is 0 Å². The summed E-state index contributed by atoms with van der Waals surface area (Å²) in [5.74, 6) is 1.20. The van der Waals surface area contributed by atoms with Crippen LogP contribution in [0, 0.1) is 5.92 Å². The molecule has 5 aromatic carbocycles. The van der Waals surface area contributed by atoms with Crippen LogP contribution in [0.15, 0.2) is 127 Å². The Morgan fingerprint density at radius 2 is 1.48 bits per heavy atom. The number of nitrogens with zero attached hydrogens (tertiary/aromatic N) is 1. The van der Waals surface area contributed by atoms with Crippen molar-refractivity contribution in [3.05, 3.63) is 150 Å². The highest BCUT2D eigenvalue weighted by molar-refractivity contribution is 5.89. The average Bonchev–Trinajstić information content (AvgIpc) is 3.70. The summed E-state index contributed by atoms with van der Waals surface area (Å²) in [4.78, 5) is 28.4. The molecular weight excluding hydrogens is 731 g/mol. The van der Waals surface area contributed by atoms with Gasteiger partial charge in [0, 0.05) is 30.3 Å². The second-order valence-corrected chi connectivity index (χ2v) is 16.0. The van der Waals surface area contributed by atoms with Gasteiger partial charge in [-0.2, -0.15) is 0 Å². The largest absolute Gasteiger partial charge is 0.459 e. The summed E-state index contributed by atoms with van der Waals surface area (Å²) in [5.41, 5.74) is 5.76. The summed E-state index contributed by atoms with van der Waals surface area (Å²) in [6, 6.07) is 40.2. The number of rotatable bonds is 12. The van der Waals surface area contributed by atoms with Gasteiger partial charge in [0.05, 0.1) is 18.8 Å². The lowest BCUT2D eigenvalue weighted by atomic mass is 9.89. The zero-order valence-corrected chi connectivity index (χ0v) is 33.6. The number of hydrogen-bond acceptors (Lipinski definition) is 8. The van der Waals surface area contributed by atoms with E-state index in [0.717, 1.165) is 58.5 Å². The van der Waals surface area contributed by atoms with E-state index in [2.05, 4.69) is 34.6 Å². The van der Waals surface area contributed by atoms with Gasteiger partial charge in [-0.1, -0.05) is 97.9 Å². The first-order valence-electron chi connectivity index (χ1n) is 20.1. The van der Waals surface area contributed by atoms with Gasteiger partial charge in [-0.15, -0.1) is 0 Å². The van der Waals surface area contributed by atoms with Crippen LogP contribution in [-0.2, 0) is 32.2 Å².